The van der Waals surface area contributed by atoms with Crippen LogP contribution in [0.3, 0.4) is 0 Å². The molecule has 4 nitrogen and oxygen atoms in total. The van der Waals surface area contributed by atoms with Gasteiger partial charge in [0.05, 0.1) is 25.9 Å². The normalized spacial score (nSPS) is 18.4. The summed E-state index contributed by atoms with van der Waals surface area (Å²) in [7, 11) is 0. The third-order valence-electron chi connectivity index (χ3n) is 3.07. The van der Waals surface area contributed by atoms with E-state index in [0.717, 1.165) is 17.1 Å². The van der Waals surface area contributed by atoms with Gasteiger partial charge in [0, 0.05) is 24.5 Å². The first-order valence-corrected chi connectivity index (χ1v) is 8.18. The zero-order valence-corrected chi connectivity index (χ0v) is 12.7. The van der Waals surface area contributed by atoms with Gasteiger partial charge >= 0.3 is 0 Å². The lowest BCUT2D eigenvalue weighted by Gasteiger charge is -2.23. The lowest BCUT2D eigenvalue weighted by Crippen LogP contribution is -2.39. The second-order valence-electron chi connectivity index (χ2n) is 4.80. The number of hydrogen-bond acceptors (Lipinski definition) is 4. The van der Waals surface area contributed by atoms with Crippen LogP contribution in [0, 0.1) is 5.82 Å². The lowest BCUT2D eigenvalue weighted by atomic mass is 10.2. The predicted molar refractivity (Wildman–Crippen MR) is 80.7 cm³/mol. The molecule has 1 atom stereocenters. The number of ether oxygens (including phenoxy) is 2. The van der Waals surface area contributed by atoms with Gasteiger partial charge in [0.25, 0.3) is 0 Å². The van der Waals surface area contributed by atoms with Gasteiger partial charge in [-0.3, -0.25) is 4.79 Å². The highest BCUT2D eigenvalue weighted by molar-refractivity contribution is 7.98. The summed E-state index contributed by atoms with van der Waals surface area (Å²) >= 11 is 1.66. The zero-order chi connectivity index (χ0) is 14.9. The molecule has 0 bridgehead atoms. The van der Waals surface area contributed by atoms with E-state index >= 15 is 0 Å². The molecule has 1 saturated heterocycles. The Balaban J connectivity index is 1.53. The van der Waals surface area contributed by atoms with Crippen molar-refractivity contribution in [3.63, 3.8) is 0 Å². The topological polar surface area (TPSA) is 47.6 Å². The van der Waals surface area contributed by atoms with E-state index in [4.69, 9.17) is 9.47 Å². The van der Waals surface area contributed by atoms with Crippen molar-refractivity contribution in [3.05, 3.63) is 35.6 Å². The summed E-state index contributed by atoms with van der Waals surface area (Å²) in [6.07, 6.45) is 0.439. The molecule has 1 aromatic carbocycles. The molecule has 0 saturated carbocycles. The van der Waals surface area contributed by atoms with Crippen molar-refractivity contribution in [3.8, 4) is 0 Å². The van der Waals surface area contributed by atoms with E-state index in [1.54, 1.807) is 23.9 Å². The Hall–Kier alpha value is -1.11. The van der Waals surface area contributed by atoms with Gasteiger partial charge in [0.15, 0.2) is 0 Å². The predicted octanol–water partition coefficient (Wildman–Crippen LogP) is 1.98. The third-order valence-corrected chi connectivity index (χ3v) is 4.10. The second-order valence-corrected chi connectivity index (χ2v) is 5.91. The number of rotatable bonds is 7. The summed E-state index contributed by atoms with van der Waals surface area (Å²) in [5.41, 5.74) is 1.06. The molecule has 6 heteroatoms. The van der Waals surface area contributed by atoms with E-state index in [2.05, 4.69) is 5.32 Å². The molecular formula is C15H20FNO3S. The van der Waals surface area contributed by atoms with Crippen LogP contribution in [0.4, 0.5) is 4.39 Å². The third kappa shape index (κ3) is 6.46. The number of nitrogens with one attached hydrogen (secondary N) is 1. The fourth-order valence-electron chi connectivity index (χ4n) is 1.91. The molecular weight excluding hydrogens is 293 g/mol. The van der Waals surface area contributed by atoms with Crippen LogP contribution in [0.2, 0.25) is 0 Å². The van der Waals surface area contributed by atoms with Gasteiger partial charge in [-0.2, -0.15) is 11.8 Å². The molecule has 21 heavy (non-hydrogen) atoms. The van der Waals surface area contributed by atoms with Gasteiger partial charge in [0.2, 0.25) is 5.91 Å². The molecule has 1 aromatic rings. The smallest absolute Gasteiger partial charge is 0.220 e. The highest BCUT2D eigenvalue weighted by Crippen LogP contribution is 2.13. The van der Waals surface area contributed by atoms with Crippen LogP contribution in [0.15, 0.2) is 24.3 Å². The molecule has 0 unspecified atom stereocenters. The average Bonchev–Trinajstić information content (AvgIpc) is 2.52. The quantitative estimate of drug-likeness (QED) is 0.782. The van der Waals surface area contributed by atoms with Crippen molar-refractivity contribution in [2.75, 3.05) is 32.1 Å². The van der Waals surface area contributed by atoms with E-state index < -0.39 is 0 Å². The number of carbonyl (C=O) groups excluding carboxylic acids is 1. The standard InChI is InChI=1S/C15H20FNO3S/c16-13-3-1-12(2-4-13)11-21-8-5-15(18)17-9-14-10-19-6-7-20-14/h1-4,14H,5-11H2,(H,17,18)/t14-/m1/s1. The van der Waals surface area contributed by atoms with Gasteiger partial charge in [-0.25, -0.2) is 4.39 Å². The maximum Gasteiger partial charge on any atom is 0.220 e. The van der Waals surface area contributed by atoms with Crippen molar-refractivity contribution >= 4 is 17.7 Å². The maximum atomic E-state index is 12.7. The van der Waals surface area contributed by atoms with Crippen molar-refractivity contribution in [2.24, 2.45) is 0 Å². The first kappa shape index (κ1) is 16.3. The molecule has 1 aliphatic rings. The average molecular weight is 313 g/mol. The van der Waals surface area contributed by atoms with Crippen LogP contribution in [0.1, 0.15) is 12.0 Å². The second kappa shape index (κ2) is 9.02. The zero-order valence-electron chi connectivity index (χ0n) is 11.8. The number of hydrogen-bond donors (Lipinski definition) is 1. The molecule has 0 aromatic heterocycles. The van der Waals surface area contributed by atoms with Gasteiger partial charge < -0.3 is 14.8 Å². The number of thioether (sulfide) groups is 1. The molecule has 0 aliphatic carbocycles. The number of amides is 1. The van der Waals surface area contributed by atoms with Crippen LogP contribution in [0.5, 0.6) is 0 Å². The number of benzene rings is 1. The molecule has 116 valence electrons. The van der Waals surface area contributed by atoms with E-state index in [0.29, 0.717) is 32.8 Å². The van der Waals surface area contributed by atoms with Gasteiger partial charge in [-0.05, 0) is 17.7 Å². The van der Waals surface area contributed by atoms with Crippen molar-refractivity contribution < 1.29 is 18.7 Å². The Morgan fingerprint density at radius 3 is 2.86 bits per heavy atom. The maximum absolute atomic E-state index is 12.7. The van der Waals surface area contributed by atoms with Crippen LogP contribution >= 0.6 is 11.8 Å². The molecule has 1 amide bonds. The van der Waals surface area contributed by atoms with Crippen molar-refractivity contribution in [2.45, 2.75) is 18.3 Å². The Kier molecular flexibility index (Phi) is 6.99. The summed E-state index contributed by atoms with van der Waals surface area (Å²) in [4.78, 5) is 11.7. The largest absolute Gasteiger partial charge is 0.376 e. The summed E-state index contributed by atoms with van der Waals surface area (Å²) in [5, 5.41) is 2.85. The Morgan fingerprint density at radius 1 is 1.33 bits per heavy atom. The molecule has 0 radical (unpaired) electrons. The fraction of sp³-hybridized carbons (Fsp3) is 0.533. The van der Waals surface area contributed by atoms with Crippen molar-refractivity contribution in [1.82, 2.24) is 5.32 Å². The Labute approximate surface area is 128 Å². The minimum Gasteiger partial charge on any atom is -0.376 e. The van der Waals surface area contributed by atoms with Gasteiger partial charge in [-0.15, -0.1) is 0 Å². The van der Waals surface area contributed by atoms with E-state index in [1.807, 2.05) is 0 Å². The van der Waals surface area contributed by atoms with Crippen LogP contribution in [-0.4, -0.2) is 44.1 Å². The molecule has 1 aliphatic heterocycles. The van der Waals surface area contributed by atoms with E-state index in [-0.39, 0.29) is 17.8 Å². The van der Waals surface area contributed by atoms with Crippen molar-refractivity contribution in [1.29, 1.82) is 0 Å². The highest BCUT2D eigenvalue weighted by Gasteiger charge is 2.14. The Bertz CT molecular complexity index is 435. The van der Waals surface area contributed by atoms with Gasteiger partial charge in [0.1, 0.15) is 5.82 Å². The molecule has 1 N–H and O–H groups in total. The molecule has 2 rings (SSSR count). The Morgan fingerprint density at radius 2 is 2.14 bits per heavy atom. The highest BCUT2D eigenvalue weighted by atomic mass is 32.2. The lowest BCUT2D eigenvalue weighted by molar-refractivity contribution is -0.123. The van der Waals surface area contributed by atoms with Gasteiger partial charge in [-0.1, -0.05) is 12.1 Å². The SMILES string of the molecule is O=C(CCSCc1ccc(F)cc1)NC[C@@H]1COCCO1. The molecule has 1 fully saturated rings. The summed E-state index contributed by atoms with van der Waals surface area (Å²) in [6, 6.07) is 6.44. The number of halogens is 1. The first-order chi connectivity index (χ1) is 10.2. The van der Waals surface area contributed by atoms with E-state index in [1.165, 1.54) is 12.1 Å². The summed E-state index contributed by atoms with van der Waals surface area (Å²) in [5.74, 6) is 1.33. The van der Waals surface area contributed by atoms with Crippen LogP contribution < -0.4 is 5.32 Å². The summed E-state index contributed by atoms with van der Waals surface area (Å²) < 4.78 is 23.4. The minimum atomic E-state index is -0.225. The molecule has 0 spiro atoms. The van der Waals surface area contributed by atoms with Crippen LogP contribution in [0.25, 0.3) is 0 Å². The monoisotopic (exact) mass is 313 g/mol. The molecule has 1 heterocycles. The first-order valence-electron chi connectivity index (χ1n) is 7.02. The minimum absolute atomic E-state index is 0.0239. The summed E-state index contributed by atoms with van der Waals surface area (Å²) in [6.45, 7) is 2.26. The van der Waals surface area contributed by atoms with Crippen LogP contribution in [-0.2, 0) is 20.0 Å². The van der Waals surface area contributed by atoms with E-state index in [9.17, 15) is 9.18 Å². The number of carbonyl (C=O) groups is 1. The fourth-order valence-corrected chi connectivity index (χ4v) is 2.81.